The van der Waals surface area contributed by atoms with Gasteiger partial charge in [0.1, 0.15) is 17.8 Å². The smallest absolute Gasteiger partial charge is 0.330 e. The number of epoxide rings is 1. The topological polar surface area (TPSA) is 77.5 Å². The van der Waals surface area contributed by atoms with Gasteiger partial charge in [-0.1, -0.05) is 6.58 Å². The van der Waals surface area contributed by atoms with Gasteiger partial charge >= 0.3 is 5.97 Å². The molecule has 3 heterocycles. The van der Waals surface area contributed by atoms with Crippen LogP contribution in [0.25, 0.3) is 0 Å². The lowest BCUT2D eigenvalue weighted by Gasteiger charge is -2.25. The van der Waals surface area contributed by atoms with E-state index in [0.717, 1.165) is 6.08 Å². The standard InChI is InChI=1S/C12H16O6/c1-2-9(13)18-8-5-16-11-10(8)17-6-12(11,14)3-7-4-15-7/h2,7-8,10-11,14H,1,3-6H2/t7?,8-,10-,11+,12+/m1/s1. The Bertz CT molecular complexity index is 366. The van der Waals surface area contributed by atoms with E-state index in [1.165, 1.54) is 0 Å². The highest BCUT2D eigenvalue weighted by Gasteiger charge is 2.58. The summed E-state index contributed by atoms with van der Waals surface area (Å²) < 4.78 is 21.3. The SMILES string of the molecule is C=CC(=O)O[C@@H]1CO[C@H]2[C@@H]1OC[C@@]2(O)CC1CO1. The van der Waals surface area contributed by atoms with Crippen LogP contribution < -0.4 is 0 Å². The molecule has 0 amide bonds. The molecule has 0 spiro atoms. The van der Waals surface area contributed by atoms with Crippen molar-refractivity contribution < 1.29 is 28.8 Å². The van der Waals surface area contributed by atoms with Crippen LogP contribution in [0.5, 0.6) is 0 Å². The van der Waals surface area contributed by atoms with Crippen LogP contribution in [-0.2, 0) is 23.7 Å². The molecule has 1 N–H and O–H groups in total. The third kappa shape index (κ3) is 2.05. The maximum absolute atomic E-state index is 11.2. The second-order valence-corrected chi connectivity index (χ2v) is 4.97. The Balaban J connectivity index is 1.65. The van der Waals surface area contributed by atoms with Crippen molar-refractivity contribution in [1.82, 2.24) is 0 Å². The minimum atomic E-state index is -1.04. The lowest BCUT2D eigenvalue weighted by Crippen LogP contribution is -2.45. The molecule has 3 aliphatic rings. The van der Waals surface area contributed by atoms with E-state index in [-0.39, 0.29) is 19.3 Å². The number of fused-ring (bicyclic) bond motifs is 1. The van der Waals surface area contributed by atoms with Crippen LogP contribution >= 0.6 is 0 Å². The Morgan fingerprint density at radius 3 is 2.89 bits per heavy atom. The van der Waals surface area contributed by atoms with Gasteiger partial charge in [-0.2, -0.15) is 0 Å². The lowest BCUT2D eigenvalue weighted by molar-refractivity contribution is -0.148. The van der Waals surface area contributed by atoms with E-state index in [0.29, 0.717) is 13.0 Å². The summed E-state index contributed by atoms with van der Waals surface area (Å²) in [6.07, 6.45) is 0.357. The van der Waals surface area contributed by atoms with Crippen LogP contribution in [-0.4, -0.2) is 60.9 Å². The summed E-state index contributed by atoms with van der Waals surface area (Å²) in [4.78, 5) is 11.2. The van der Waals surface area contributed by atoms with Crippen LogP contribution in [0.1, 0.15) is 6.42 Å². The molecular weight excluding hydrogens is 240 g/mol. The molecule has 0 aromatic rings. The summed E-state index contributed by atoms with van der Waals surface area (Å²) in [6.45, 7) is 4.44. The van der Waals surface area contributed by atoms with Crippen molar-refractivity contribution in [2.24, 2.45) is 0 Å². The fourth-order valence-corrected chi connectivity index (χ4v) is 2.62. The predicted molar refractivity (Wildman–Crippen MR) is 58.9 cm³/mol. The van der Waals surface area contributed by atoms with E-state index in [1.807, 2.05) is 0 Å². The number of ether oxygens (including phenoxy) is 4. The summed E-state index contributed by atoms with van der Waals surface area (Å²) in [7, 11) is 0. The first kappa shape index (κ1) is 12.1. The summed E-state index contributed by atoms with van der Waals surface area (Å²) in [5, 5.41) is 10.5. The highest BCUT2D eigenvalue weighted by Crippen LogP contribution is 2.39. The van der Waals surface area contributed by atoms with Crippen LogP contribution in [0.15, 0.2) is 12.7 Å². The van der Waals surface area contributed by atoms with Gasteiger partial charge in [0, 0.05) is 12.5 Å². The van der Waals surface area contributed by atoms with Crippen LogP contribution in [0, 0.1) is 0 Å². The van der Waals surface area contributed by atoms with Gasteiger partial charge in [-0.3, -0.25) is 0 Å². The van der Waals surface area contributed by atoms with E-state index in [2.05, 4.69) is 6.58 Å². The molecule has 3 saturated heterocycles. The summed E-state index contributed by atoms with van der Waals surface area (Å²) in [5.74, 6) is -0.506. The van der Waals surface area contributed by atoms with Gasteiger partial charge in [0.05, 0.1) is 25.9 Å². The highest BCUT2D eigenvalue weighted by atomic mass is 16.6. The first-order chi connectivity index (χ1) is 8.62. The molecule has 18 heavy (non-hydrogen) atoms. The van der Waals surface area contributed by atoms with E-state index in [9.17, 15) is 9.90 Å². The van der Waals surface area contributed by atoms with Crippen molar-refractivity contribution in [2.45, 2.75) is 36.4 Å². The zero-order valence-corrected chi connectivity index (χ0v) is 9.91. The molecule has 5 atom stereocenters. The first-order valence-electron chi connectivity index (χ1n) is 6.02. The summed E-state index contributed by atoms with van der Waals surface area (Å²) in [6, 6.07) is 0. The normalized spacial score (nSPS) is 45.6. The molecule has 6 nitrogen and oxygen atoms in total. The van der Waals surface area contributed by atoms with Crippen molar-refractivity contribution in [3.05, 3.63) is 12.7 Å². The van der Waals surface area contributed by atoms with Crippen molar-refractivity contribution >= 4 is 5.97 Å². The first-order valence-corrected chi connectivity index (χ1v) is 6.02. The van der Waals surface area contributed by atoms with Crippen LogP contribution in [0.2, 0.25) is 0 Å². The van der Waals surface area contributed by atoms with Crippen LogP contribution in [0.3, 0.4) is 0 Å². The number of hydrogen-bond acceptors (Lipinski definition) is 6. The zero-order chi connectivity index (χ0) is 12.8. The van der Waals surface area contributed by atoms with Crippen LogP contribution in [0.4, 0.5) is 0 Å². The number of hydrogen-bond donors (Lipinski definition) is 1. The summed E-state index contributed by atoms with van der Waals surface area (Å²) in [5.41, 5.74) is -1.04. The fraction of sp³-hybridized carbons (Fsp3) is 0.750. The maximum Gasteiger partial charge on any atom is 0.330 e. The number of carbonyl (C=O) groups is 1. The van der Waals surface area contributed by atoms with Gasteiger partial charge < -0.3 is 24.1 Å². The van der Waals surface area contributed by atoms with Gasteiger partial charge in [-0.05, 0) is 0 Å². The molecule has 0 bridgehead atoms. The Labute approximate surface area is 104 Å². The highest BCUT2D eigenvalue weighted by molar-refractivity contribution is 5.81. The van der Waals surface area contributed by atoms with E-state index in [1.54, 1.807) is 0 Å². The second kappa shape index (κ2) is 4.31. The molecule has 3 rings (SSSR count). The minimum Gasteiger partial charge on any atom is -0.454 e. The molecule has 0 radical (unpaired) electrons. The number of esters is 1. The zero-order valence-electron chi connectivity index (χ0n) is 9.91. The largest absolute Gasteiger partial charge is 0.454 e. The molecule has 3 fully saturated rings. The Kier molecular flexibility index (Phi) is 2.90. The monoisotopic (exact) mass is 256 g/mol. The van der Waals surface area contributed by atoms with E-state index < -0.39 is 29.9 Å². The van der Waals surface area contributed by atoms with Gasteiger partial charge in [0.15, 0.2) is 6.10 Å². The number of rotatable bonds is 4. The van der Waals surface area contributed by atoms with Gasteiger partial charge in [-0.25, -0.2) is 4.79 Å². The van der Waals surface area contributed by atoms with Gasteiger partial charge in [0.2, 0.25) is 0 Å². The molecule has 0 saturated carbocycles. The Morgan fingerprint density at radius 1 is 1.44 bits per heavy atom. The Hall–Kier alpha value is -0.950. The molecule has 0 aromatic heterocycles. The van der Waals surface area contributed by atoms with E-state index in [4.69, 9.17) is 18.9 Å². The van der Waals surface area contributed by atoms with Gasteiger partial charge in [-0.15, -0.1) is 0 Å². The lowest BCUT2D eigenvalue weighted by atomic mass is 9.91. The molecular formula is C12H16O6. The van der Waals surface area contributed by atoms with Crippen molar-refractivity contribution in [3.8, 4) is 0 Å². The minimum absolute atomic E-state index is 0.0933. The quantitative estimate of drug-likeness (QED) is 0.411. The molecule has 100 valence electrons. The molecule has 0 aromatic carbocycles. The molecule has 1 unspecified atom stereocenters. The molecule has 6 heteroatoms. The van der Waals surface area contributed by atoms with Crippen molar-refractivity contribution in [2.75, 3.05) is 19.8 Å². The predicted octanol–water partition coefficient (Wildman–Crippen LogP) is -0.598. The summed E-state index contributed by atoms with van der Waals surface area (Å²) >= 11 is 0. The third-order valence-corrected chi connectivity index (χ3v) is 3.58. The molecule has 0 aliphatic carbocycles. The van der Waals surface area contributed by atoms with Crippen molar-refractivity contribution in [1.29, 1.82) is 0 Å². The number of carbonyl (C=O) groups excluding carboxylic acids is 1. The molecule has 3 aliphatic heterocycles. The van der Waals surface area contributed by atoms with E-state index >= 15 is 0 Å². The number of aliphatic hydroxyl groups is 1. The average Bonchev–Trinajstić information content (AvgIpc) is 2.96. The maximum atomic E-state index is 11.2. The fourth-order valence-electron chi connectivity index (χ4n) is 2.62. The average molecular weight is 256 g/mol. The third-order valence-electron chi connectivity index (χ3n) is 3.58. The second-order valence-electron chi connectivity index (χ2n) is 4.97. The van der Waals surface area contributed by atoms with Gasteiger partial charge in [0.25, 0.3) is 0 Å². The Morgan fingerprint density at radius 2 is 2.22 bits per heavy atom. The van der Waals surface area contributed by atoms with Crippen molar-refractivity contribution in [3.63, 3.8) is 0 Å².